The molecule has 7 heteroatoms. The number of fused-ring (bicyclic) bond motifs is 2. The van der Waals surface area contributed by atoms with Crippen molar-refractivity contribution in [2.24, 2.45) is 13.0 Å². The molecule has 4 heterocycles. The van der Waals surface area contributed by atoms with E-state index in [-0.39, 0.29) is 0 Å². The van der Waals surface area contributed by atoms with Gasteiger partial charge in [0, 0.05) is 53.6 Å². The van der Waals surface area contributed by atoms with Crippen LogP contribution in [0.5, 0.6) is 0 Å². The van der Waals surface area contributed by atoms with E-state index in [9.17, 15) is 0 Å². The topological polar surface area (TPSA) is 66.3 Å². The minimum atomic E-state index is 0.311. The summed E-state index contributed by atoms with van der Waals surface area (Å²) in [5, 5.41) is 16.8. The number of nitrogens with zero attached hydrogens (tertiary/aromatic N) is 7. The molecule has 0 bridgehead atoms. The zero-order valence-corrected chi connectivity index (χ0v) is 23.1. The summed E-state index contributed by atoms with van der Waals surface area (Å²) in [7, 11) is 1.93. The first kappa shape index (κ1) is 24.3. The van der Waals surface area contributed by atoms with Crippen LogP contribution in [0.2, 0.25) is 0 Å². The van der Waals surface area contributed by atoms with Gasteiger partial charge in [-0.05, 0) is 50.7 Å². The van der Waals surface area contributed by atoms with Crippen molar-refractivity contribution in [2.75, 3.05) is 0 Å². The monoisotopic (exact) mass is 505 g/mol. The molecule has 4 aromatic heterocycles. The lowest BCUT2D eigenvalue weighted by Crippen LogP contribution is -2.11. The molecular weight excluding hydrogens is 470 g/mol. The quantitative estimate of drug-likeness (QED) is 0.254. The first-order chi connectivity index (χ1) is 18.3. The number of rotatable bonds is 6. The largest absolute Gasteiger partial charge is 0.273 e. The molecule has 0 aliphatic heterocycles. The molecule has 38 heavy (non-hydrogen) atoms. The normalized spacial score (nSPS) is 14.7. The van der Waals surface area contributed by atoms with E-state index in [0.717, 1.165) is 69.7 Å². The van der Waals surface area contributed by atoms with Crippen LogP contribution in [0, 0.1) is 19.8 Å². The second-order valence-corrected chi connectivity index (χ2v) is 10.9. The van der Waals surface area contributed by atoms with E-state index in [0.29, 0.717) is 11.8 Å². The van der Waals surface area contributed by atoms with Gasteiger partial charge in [0.05, 0.1) is 22.6 Å². The molecule has 7 nitrogen and oxygen atoms in total. The van der Waals surface area contributed by atoms with Crippen molar-refractivity contribution in [1.29, 1.82) is 0 Å². The van der Waals surface area contributed by atoms with Gasteiger partial charge in [0.1, 0.15) is 0 Å². The number of hydrogen-bond donors (Lipinski definition) is 0. The SMILES string of the molecule is Cc1nc2nn(C)cc2cc1-n1nc(-c2cccc3nn(C[C@H](C)C4=CC=CCC4)cc23)c(C(C)C)c1C. The summed E-state index contributed by atoms with van der Waals surface area (Å²) >= 11 is 0. The lowest BCUT2D eigenvalue weighted by molar-refractivity contribution is 0.492. The molecule has 0 saturated heterocycles. The minimum absolute atomic E-state index is 0.311. The molecule has 5 aromatic rings. The van der Waals surface area contributed by atoms with Gasteiger partial charge >= 0.3 is 0 Å². The zero-order valence-electron chi connectivity index (χ0n) is 23.1. The summed E-state index contributed by atoms with van der Waals surface area (Å²) in [5.41, 5.74) is 9.69. The lowest BCUT2D eigenvalue weighted by Gasteiger charge is -2.17. The first-order valence-electron chi connectivity index (χ1n) is 13.5. The number of benzene rings is 1. The molecule has 194 valence electrons. The van der Waals surface area contributed by atoms with Gasteiger partial charge in [0.25, 0.3) is 0 Å². The van der Waals surface area contributed by atoms with Crippen molar-refractivity contribution >= 4 is 21.9 Å². The van der Waals surface area contributed by atoms with Crippen LogP contribution in [0.4, 0.5) is 0 Å². The van der Waals surface area contributed by atoms with Crippen LogP contribution < -0.4 is 0 Å². The molecule has 1 aliphatic rings. The average molecular weight is 506 g/mol. The van der Waals surface area contributed by atoms with E-state index >= 15 is 0 Å². The molecule has 0 amide bonds. The third kappa shape index (κ3) is 4.16. The van der Waals surface area contributed by atoms with Crippen molar-refractivity contribution in [3.63, 3.8) is 0 Å². The molecule has 1 aliphatic carbocycles. The van der Waals surface area contributed by atoms with E-state index < -0.39 is 0 Å². The van der Waals surface area contributed by atoms with Crippen LogP contribution in [0.1, 0.15) is 56.5 Å². The second kappa shape index (κ2) is 9.39. The summed E-state index contributed by atoms with van der Waals surface area (Å²) in [6, 6.07) is 8.53. The highest BCUT2D eigenvalue weighted by molar-refractivity contribution is 5.94. The number of allylic oxidation sites excluding steroid dienone is 4. The summed E-state index contributed by atoms with van der Waals surface area (Å²) < 4.78 is 5.98. The molecule has 1 atom stereocenters. The summed E-state index contributed by atoms with van der Waals surface area (Å²) in [6.45, 7) is 11.8. The van der Waals surface area contributed by atoms with Crippen molar-refractivity contribution in [3.8, 4) is 16.9 Å². The fraction of sp³-hybridized carbons (Fsp3) is 0.355. The Hall–Kier alpha value is -4.00. The molecule has 6 rings (SSSR count). The average Bonchev–Trinajstić information content (AvgIpc) is 3.57. The molecule has 1 aromatic carbocycles. The van der Waals surface area contributed by atoms with Gasteiger partial charge in [-0.2, -0.15) is 15.3 Å². The van der Waals surface area contributed by atoms with E-state index in [1.807, 2.05) is 24.9 Å². The predicted molar refractivity (Wildman–Crippen MR) is 154 cm³/mol. The van der Waals surface area contributed by atoms with Crippen molar-refractivity contribution in [3.05, 3.63) is 77.4 Å². The van der Waals surface area contributed by atoms with Gasteiger partial charge in [0.15, 0.2) is 5.65 Å². The Morgan fingerprint density at radius 3 is 2.63 bits per heavy atom. The van der Waals surface area contributed by atoms with Gasteiger partial charge in [-0.3, -0.25) is 9.36 Å². The Kier molecular flexibility index (Phi) is 6.01. The third-order valence-electron chi connectivity index (χ3n) is 7.73. The first-order valence-corrected chi connectivity index (χ1v) is 13.5. The summed E-state index contributed by atoms with van der Waals surface area (Å²) in [6.07, 6.45) is 13.2. The van der Waals surface area contributed by atoms with Gasteiger partial charge in [0.2, 0.25) is 0 Å². The zero-order chi connectivity index (χ0) is 26.6. The standard InChI is InChI=1S/C31H35N7/c1-19(2)29-22(5)38(28-15-24-17-36(6)35-31(24)32-21(28)4)34-30(29)25-13-10-14-27-26(25)18-37(33-27)16-20(3)23-11-8-7-9-12-23/h7-8,10-11,13-15,17-20H,9,12,16H2,1-6H3/t20-/m0/s1. The molecule has 0 unspecified atom stereocenters. The van der Waals surface area contributed by atoms with Gasteiger partial charge in [-0.1, -0.05) is 56.7 Å². The molecule has 0 saturated carbocycles. The van der Waals surface area contributed by atoms with Gasteiger partial charge in [-0.25, -0.2) is 9.67 Å². The van der Waals surface area contributed by atoms with E-state index in [1.54, 1.807) is 0 Å². The highest BCUT2D eigenvalue weighted by Gasteiger charge is 2.23. The van der Waals surface area contributed by atoms with E-state index in [2.05, 4.69) is 90.8 Å². The number of aryl methyl sites for hydroxylation is 2. The van der Waals surface area contributed by atoms with Crippen molar-refractivity contribution < 1.29 is 0 Å². The smallest absolute Gasteiger partial charge is 0.181 e. The minimum Gasteiger partial charge on any atom is -0.273 e. The Morgan fingerprint density at radius 2 is 1.87 bits per heavy atom. The van der Waals surface area contributed by atoms with Crippen molar-refractivity contribution in [2.45, 2.75) is 59.9 Å². The Morgan fingerprint density at radius 1 is 1.03 bits per heavy atom. The number of aromatic nitrogens is 7. The molecule has 0 radical (unpaired) electrons. The van der Waals surface area contributed by atoms with Crippen molar-refractivity contribution in [1.82, 2.24) is 34.3 Å². The summed E-state index contributed by atoms with van der Waals surface area (Å²) in [4.78, 5) is 4.77. The van der Waals surface area contributed by atoms with Gasteiger partial charge in [-0.15, -0.1) is 0 Å². The van der Waals surface area contributed by atoms with Crippen LogP contribution in [-0.2, 0) is 13.6 Å². The maximum Gasteiger partial charge on any atom is 0.181 e. The predicted octanol–water partition coefficient (Wildman–Crippen LogP) is 6.82. The highest BCUT2D eigenvalue weighted by atomic mass is 15.3. The molecule has 0 fully saturated rings. The van der Waals surface area contributed by atoms with Crippen LogP contribution in [-0.4, -0.2) is 34.3 Å². The third-order valence-corrected chi connectivity index (χ3v) is 7.73. The number of pyridine rings is 1. The molecule has 0 spiro atoms. The van der Waals surface area contributed by atoms with E-state index in [4.69, 9.17) is 15.2 Å². The van der Waals surface area contributed by atoms with Crippen LogP contribution in [0.25, 0.3) is 38.9 Å². The second-order valence-electron chi connectivity index (χ2n) is 10.9. The Balaban J connectivity index is 1.45. The maximum absolute atomic E-state index is 5.24. The summed E-state index contributed by atoms with van der Waals surface area (Å²) in [5.74, 6) is 0.758. The number of hydrogen-bond acceptors (Lipinski definition) is 4. The maximum atomic E-state index is 5.24. The molecule has 0 N–H and O–H groups in total. The van der Waals surface area contributed by atoms with Crippen LogP contribution >= 0.6 is 0 Å². The van der Waals surface area contributed by atoms with Crippen LogP contribution in [0.3, 0.4) is 0 Å². The molecular formula is C31H35N7. The fourth-order valence-electron chi connectivity index (χ4n) is 5.83. The van der Waals surface area contributed by atoms with E-state index in [1.165, 1.54) is 11.1 Å². The fourth-order valence-corrected chi connectivity index (χ4v) is 5.83. The van der Waals surface area contributed by atoms with Gasteiger partial charge < -0.3 is 0 Å². The Labute approximate surface area is 223 Å². The highest BCUT2D eigenvalue weighted by Crippen LogP contribution is 2.37. The van der Waals surface area contributed by atoms with Crippen LogP contribution in [0.15, 0.2) is 60.5 Å². The Bertz CT molecular complexity index is 1720. The lowest BCUT2D eigenvalue weighted by atomic mass is 9.93.